The topological polar surface area (TPSA) is 106 Å². The van der Waals surface area contributed by atoms with E-state index in [2.05, 4.69) is 15.2 Å². The number of aromatic nitrogens is 4. The normalized spacial score (nSPS) is 11.3. The van der Waals surface area contributed by atoms with E-state index in [9.17, 15) is 14.9 Å². The smallest absolute Gasteiger partial charge is 0.269 e. The molecule has 0 aliphatic heterocycles. The maximum atomic E-state index is 11.7. The number of hydrogen-bond acceptors (Lipinski definition) is 6. The molecule has 3 aromatic rings. The van der Waals surface area contributed by atoms with Crippen LogP contribution in [-0.2, 0) is 5.75 Å². The van der Waals surface area contributed by atoms with Gasteiger partial charge in [-0.3, -0.25) is 24.3 Å². The summed E-state index contributed by atoms with van der Waals surface area (Å²) in [5.41, 5.74) is 1.49. The Hall–Kier alpha value is -2.68. The molecule has 2 aromatic heterocycles. The Bertz CT molecular complexity index is 963. The summed E-state index contributed by atoms with van der Waals surface area (Å²) in [4.78, 5) is 24.8. The van der Waals surface area contributed by atoms with E-state index in [-0.39, 0.29) is 17.2 Å². The van der Waals surface area contributed by atoms with E-state index < -0.39 is 4.92 Å². The van der Waals surface area contributed by atoms with Crippen molar-refractivity contribution in [1.29, 1.82) is 0 Å². The van der Waals surface area contributed by atoms with Crippen molar-refractivity contribution in [3.63, 3.8) is 0 Å². The molecule has 1 aromatic carbocycles. The Kier molecular flexibility index (Phi) is 4.34. The molecule has 0 unspecified atom stereocenters. The number of rotatable bonds is 5. The molecular formula is C15H15N5O3S. The van der Waals surface area contributed by atoms with E-state index in [0.29, 0.717) is 16.7 Å². The van der Waals surface area contributed by atoms with Crippen molar-refractivity contribution in [1.82, 2.24) is 19.6 Å². The predicted molar refractivity (Wildman–Crippen MR) is 90.4 cm³/mol. The molecule has 0 aliphatic rings. The summed E-state index contributed by atoms with van der Waals surface area (Å²) >= 11 is 1.41. The maximum Gasteiger partial charge on any atom is 0.269 e. The van der Waals surface area contributed by atoms with Crippen molar-refractivity contribution < 1.29 is 4.92 Å². The number of non-ortho nitro benzene ring substituents is 1. The van der Waals surface area contributed by atoms with Gasteiger partial charge in [0, 0.05) is 29.6 Å². The van der Waals surface area contributed by atoms with E-state index in [4.69, 9.17) is 0 Å². The molecule has 124 valence electrons. The minimum Gasteiger partial charge on any atom is -0.291 e. The Morgan fingerprint density at radius 2 is 2.12 bits per heavy atom. The van der Waals surface area contributed by atoms with Crippen molar-refractivity contribution >= 4 is 23.2 Å². The van der Waals surface area contributed by atoms with Crippen LogP contribution in [0.5, 0.6) is 0 Å². The summed E-state index contributed by atoms with van der Waals surface area (Å²) in [5.74, 6) is 1.04. The van der Waals surface area contributed by atoms with Crippen molar-refractivity contribution in [3.8, 4) is 0 Å². The van der Waals surface area contributed by atoms with Gasteiger partial charge in [0.2, 0.25) is 5.78 Å². The van der Waals surface area contributed by atoms with Crippen molar-refractivity contribution in [2.75, 3.05) is 0 Å². The molecule has 0 bridgehead atoms. The second kappa shape index (κ2) is 6.44. The van der Waals surface area contributed by atoms with Gasteiger partial charge in [-0.05, 0) is 11.5 Å². The molecule has 0 atom stereocenters. The van der Waals surface area contributed by atoms with Gasteiger partial charge in [-0.15, -0.1) is 10.2 Å². The zero-order chi connectivity index (χ0) is 17.3. The summed E-state index contributed by atoms with van der Waals surface area (Å²) in [5, 5.41) is 19.6. The van der Waals surface area contributed by atoms with Gasteiger partial charge in [0.15, 0.2) is 5.16 Å². The number of thioether (sulfide) groups is 1. The highest BCUT2D eigenvalue weighted by molar-refractivity contribution is 7.98. The van der Waals surface area contributed by atoms with Crippen molar-refractivity contribution in [2.45, 2.75) is 30.7 Å². The number of nitro benzene ring substituents is 1. The van der Waals surface area contributed by atoms with Crippen LogP contribution in [0.1, 0.15) is 31.0 Å². The molecule has 0 fully saturated rings. The Morgan fingerprint density at radius 3 is 2.83 bits per heavy atom. The summed E-state index contributed by atoms with van der Waals surface area (Å²) in [6.07, 6.45) is 0. The van der Waals surface area contributed by atoms with Crippen LogP contribution in [0.25, 0.3) is 5.78 Å². The third-order valence-corrected chi connectivity index (χ3v) is 4.49. The van der Waals surface area contributed by atoms with Gasteiger partial charge in [-0.1, -0.05) is 37.7 Å². The number of fused-ring (bicyclic) bond motifs is 1. The summed E-state index contributed by atoms with van der Waals surface area (Å²) in [6, 6.07) is 8.03. The number of nitro groups is 1. The minimum absolute atomic E-state index is 0.0615. The lowest BCUT2D eigenvalue weighted by atomic mass is 10.1. The van der Waals surface area contributed by atoms with Gasteiger partial charge in [0.25, 0.3) is 11.2 Å². The fourth-order valence-electron chi connectivity index (χ4n) is 2.35. The Labute approximate surface area is 141 Å². The van der Waals surface area contributed by atoms with Crippen LogP contribution in [0.4, 0.5) is 5.69 Å². The Balaban J connectivity index is 1.92. The SMILES string of the molecule is CC(C)c1cc(=O)[nH]c2nnc(SCc3cccc([N+](=O)[O-])c3)n12. The van der Waals surface area contributed by atoms with E-state index in [1.807, 2.05) is 24.3 Å². The quantitative estimate of drug-likeness (QED) is 0.433. The number of benzene rings is 1. The molecule has 0 saturated carbocycles. The highest BCUT2D eigenvalue weighted by Crippen LogP contribution is 2.25. The third-order valence-electron chi connectivity index (χ3n) is 3.49. The molecule has 9 heteroatoms. The minimum atomic E-state index is -0.414. The lowest BCUT2D eigenvalue weighted by Gasteiger charge is -2.09. The van der Waals surface area contributed by atoms with Crippen LogP contribution in [0.15, 0.2) is 40.3 Å². The number of hydrogen-bond donors (Lipinski definition) is 1. The lowest BCUT2D eigenvalue weighted by Crippen LogP contribution is -2.12. The number of nitrogens with one attached hydrogen (secondary N) is 1. The molecule has 0 spiro atoms. The van der Waals surface area contributed by atoms with Crippen LogP contribution in [0.2, 0.25) is 0 Å². The molecule has 2 heterocycles. The standard InChI is InChI=1S/C15H15N5O3S/c1-9(2)12-7-13(21)16-14-17-18-15(19(12)14)24-8-10-4-3-5-11(6-10)20(22)23/h3-7,9H,8H2,1-2H3,(H,16,17,21). The average molecular weight is 345 g/mol. The first-order valence-electron chi connectivity index (χ1n) is 7.30. The van der Waals surface area contributed by atoms with E-state index in [1.165, 1.54) is 17.8 Å². The molecule has 1 N–H and O–H groups in total. The highest BCUT2D eigenvalue weighted by Gasteiger charge is 2.14. The van der Waals surface area contributed by atoms with Crippen LogP contribution >= 0.6 is 11.8 Å². The van der Waals surface area contributed by atoms with Crippen molar-refractivity contribution in [2.24, 2.45) is 0 Å². The maximum absolute atomic E-state index is 11.7. The predicted octanol–water partition coefficient (Wildman–Crippen LogP) is 2.74. The van der Waals surface area contributed by atoms with Crippen molar-refractivity contribution in [3.05, 3.63) is 62.1 Å². The van der Waals surface area contributed by atoms with Gasteiger partial charge < -0.3 is 0 Å². The highest BCUT2D eigenvalue weighted by atomic mass is 32.2. The van der Waals surface area contributed by atoms with E-state index in [1.54, 1.807) is 18.2 Å². The number of aromatic amines is 1. The second-order valence-corrected chi connectivity index (χ2v) is 6.51. The lowest BCUT2D eigenvalue weighted by molar-refractivity contribution is -0.384. The second-order valence-electron chi connectivity index (χ2n) is 5.57. The monoisotopic (exact) mass is 345 g/mol. The fourth-order valence-corrected chi connectivity index (χ4v) is 3.25. The van der Waals surface area contributed by atoms with Gasteiger partial charge in [-0.2, -0.15) is 0 Å². The average Bonchev–Trinajstić information content (AvgIpc) is 2.95. The molecule has 24 heavy (non-hydrogen) atoms. The van der Waals surface area contributed by atoms with Crippen LogP contribution in [0, 0.1) is 10.1 Å². The summed E-state index contributed by atoms with van der Waals surface area (Å²) in [7, 11) is 0. The zero-order valence-corrected chi connectivity index (χ0v) is 13.9. The third kappa shape index (κ3) is 3.16. The van der Waals surface area contributed by atoms with Gasteiger partial charge in [0.1, 0.15) is 0 Å². The Morgan fingerprint density at radius 1 is 1.33 bits per heavy atom. The van der Waals surface area contributed by atoms with Crippen LogP contribution < -0.4 is 5.56 Å². The molecule has 0 aliphatic carbocycles. The molecular weight excluding hydrogens is 330 g/mol. The first-order chi connectivity index (χ1) is 11.5. The molecule has 3 rings (SSSR count). The summed E-state index contributed by atoms with van der Waals surface area (Å²) < 4.78 is 1.81. The number of H-pyrrole nitrogens is 1. The van der Waals surface area contributed by atoms with Gasteiger partial charge in [-0.25, -0.2) is 0 Å². The van der Waals surface area contributed by atoms with E-state index in [0.717, 1.165) is 11.3 Å². The number of nitrogens with zero attached hydrogens (tertiary/aromatic N) is 4. The molecule has 0 radical (unpaired) electrons. The fraction of sp³-hybridized carbons (Fsp3) is 0.267. The van der Waals surface area contributed by atoms with E-state index >= 15 is 0 Å². The largest absolute Gasteiger partial charge is 0.291 e. The van der Waals surface area contributed by atoms with Gasteiger partial charge in [0.05, 0.1) is 4.92 Å². The van der Waals surface area contributed by atoms with Crippen LogP contribution in [0.3, 0.4) is 0 Å². The molecule has 8 nitrogen and oxygen atoms in total. The first kappa shape index (κ1) is 16.2. The molecule has 0 amide bonds. The molecule has 0 saturated heterocycles. The first-order valence-corrected chi connectivity index (χ1v) is 8.28. The summed E-state index contributed by atoms with van der Waals surface area (Å²) in [6.45, 7) is 3.98. The van der Waals surface area contributed by atoms with Crippen LogP contribution in [-0.4, -0.2) is 24.5 Å². The zero-order valence-electron chi connectivity index (χ0n) is 13.1. The van der Waals surface area contributed by atoms with Gasteiger partial charge >= 0.3 is 0 Å².